The first-order chi connectivity index (χ1) is 6.18. The minimum Gasteiger partial charge on any atom is -0.391 e. The topological polar surface area (TPSA) is 40.5 Å². The van der Waals surface area contributed by atoms with Crippen molar-refractivity contribution in [1.82, 2.24) is 4.90 Å². The van der Waals surface area contributed by atoms with Crippen molar-refractivity contribution >= 4 is 5.91 Å². The summed E-state index contributed by atoms with van der Waals surface area (Å²) >= 11 is 0. The molecule has 1 spiro atoms. The van der Waals surface area contributed by atoms with Gasteiger partial charge < -0.3 is 10.0 Å². The van der Waals surface area contributed by atoms with Gasteiger partial charge in [0, 0.05) is 18.5 Å². The highest BCUT2D eigenvalue weighted by molar-refractivity contribution is 5.93. The highest BCUT2D eigenvalue weighted by Gasteiger charge is 2.55. The predicted molar refractivity (Wildman–Crippen MR) is 47.7 cm³/mol. The zero-order valence-corrected chi connectivity index (χ0v) is 7.71. The van der Waals surface area contributed by atoms with E-state index < -0.39 is 0 Å². The summed E-state index contributed by atoms with van der Waals surface area (Å²) in [4.78, 5) is 13.0. The number of aliphatic hydroxyl groups is 1. The molecule has 1 heterocycles. The van der Waals surface area contributed by atoms with Crippen molar-refractivity contribution in [2.45, 2.75) is 25.9 Å². The average Bonchev–Trinajstić information content (AvgIpc) is 2.77. The quantitative estimate of drug-likeness (QED) is 0.531. The highest BCUT2D eigenvalue weighted by atomic mass is 16.3. The Hall–Kier alpha value is -1.01. The van der Waals surface area contributed by atoms with Crippen LogP contribution < -0.4 is 0 Å². The normalized spacial score (nSPS) is 28.5. The van der Waals surface area contributed by atoms with Gasteiger partial charge >= 0.3 is 0 Å². The van der Waals surface area contributed by atoms with Crippen LogP contribution in [0.15, 0.2) is 0 Å². The van der Waals surface area contributed by atoms with E-state index in [4.69, 9.17) is 0 Å². The molecule has 70 valence electrons. The Labute approximate surface area is 77.7 Å². The lowest BCUT2D eigenvalue weighted by atomic mass is 10.0. The number of carbonyl (C=O) groups is 1. The molecule has 2 rings (SSSR count). The summed E-state index contributed by atoms with van der Waals surface area (Å²) in [5.41, 5.74) is 0.0467. The van der Waals surface area contributed by atoms with E-state index in [1.54, 1.807) is 11.8 Å². The number of aliphatic hydroxyl groups excluding tert-OH is 1. The molecule has 2 aliphatic rings. The first-order valence-corrected chi connectivity index (χ1v) is 4.58. The van der Waals surface area contributed by atoms with Crippen molar-refractivity contribution in [3.8, 4) is 11.8 Å². The Bertz CT molecular complexity index is 296. The van der Waals surface area contributed by atoms with Gasteiger partial charge in [-0.25, -0.2) is 0 Å². The monoisotopic (exact) mass is 179 g/mol. The second kappa shape index (κ2) is 2.74. The molecule has 3 heteroatoms. The number of carbonyl (C=O) groups excluding carboxylic acids is 1. The third-order valence-electron chi connectivity index (χ3n) is 3.02. The lowest BCUT2D eigenvalue weighted by Crippen LogP contribution is -2.28. The van der Waals surface area contributed by atoms with Crippen LogP contribution in [0.3, 0.4) is 0 Å². The largest absolute Gasteiger partial charge is 0.391 e. The van der Waals surface area contributed by atoms with Gasteiger partial charge in [-0.2, -0.15) is 0 Å². The Morgan fingerprint density at radius 3 is 2.77 bits per heavy atom. The summed E-state index contributed by atoms with van der Waals surface area (Å²) in [6.45, 7) is 2.81. The SMILES string of the molecule is CC#CC(=O)N1CC(O)C2(CC2)C1. The molecule has 1 saturated heterocycles. The van der Waals surface area contributed by atoms with Crippen LogP contribution in [0.5, 0.6) is 0 Å². The van der Waals surface area contributed by atoms with Gasteiger partial charge in [-0.1, -0.05) is 5.92 Å². The van der Waals surface area contributed by atoms with Gasteiger partial charge in [0.15, 0.2) is 0 Å². The number of amides is 1. The number of rotatable bonds is 0. The van der Waals surface area contributed by atoms with E-state index in [1.165, 1.54) is 0 Å². The zero-order valence-electron chi connectivity index (χ0n) is 7.71. The lowest BCUT2D eigenvalue weighted by Gasteiger charge is -2.10. The van der Waals surface area contributed by atoms with Gasteiger partial charge in [0.05, 0.1) is 6.10 Å². The van der Waals surface area contributed by atoms with Crippen molar-refractivity contribution in [2.75, 3.05) is 13.1 Å². The van der Waals surface area contributed by atoms with Gasteiger partial charge in [0.2, 0.25) is 0 Å². The minimum atomic E-state index is -0.324. The van der Waals surface area contributed by atoms with Crippen LogP contribution in [0.1, 0.15) is 19.8 Å². The van der Waals surface area contributed by atoms with Crippen LogP contribution in [-0.4, -0.2) is 35.1 Å². The van der Waals surface area contributed by atoms with Gasteiger partial charge in [0.25, 0.3) is 5.91 Å². The summed E-state index contributed by atoms with van der Waals surface area (Å²) < 4.78 is 0. The molecule has 1 aliphatic carbocycles. The molecule has 0 radical (unpaired) electrons. The van der Waals surface area contributed by atoms with E-state index >= 15 is 0 Å². The summed E-state index contributed by atoms with van der Waals surface area (Å²) in [6, 6.07) is 0. The third-order valence-corrected chi connectivity index (χ3v) is 3.02. The van der Waals surface area contributed by atoms with Crippen LogP contribution in [0.4, 0.5) is 0 Å². The Balaban J connectivity index is 2.04. The summed E-state index contributed by atoms with van der Waals surface area (Å²) in [7, 11) is 0. The number of likely N-dealkylation sites (tertiary alicyclic amines) is 1. The lowest BCUT2D eigenvalue weighted by molar-refractivity contribution is -0.124. The predicted octanol–water partition coefficient (Wildman–Crippen LogP) is -0.00700. The van der Waals surface area contributed by atoms with Crippen LogP contribution in [0, 0.1) is 17.3 Å². The molecule has 1 aliphatic heterocycles. The van der Waals surface area contributed by atoms with E-state index in [0.717, 1.165) is 12.8 Å². The molecule has 1 N–H and O–H groups in total. The molecule has 0 aromatic carbocycles. The van der Waals surface area contributed by atoms with Crippen LogP contribution in [0.25, 0.3) is 0 Å². The molecule has 0 aromatic heterocycles. The molecular formula is C10H13NO2. The molecule has 2 fully saturated rings. The molecule has 0 bridgehead atoms. The number of nitrogens with zero attached hydrogens (tertiary/aromatic N) is 1. The highest BCUT2D eigenvalue weighted by Crippen LogP contribution is 2.52. The minimum absolute atomic E-state index is 0.0467. The second-order valence-corrected chi connectivity index (χ2v) is 3.94. The molecule has 3 nitrogen and oxygen atoms in total. The van der Waals surface area contributed by atoms with Gasteiger partial charge in [-0.3, -0.25) is 4.79 Å². The molecule has 1 amide bonds. The third kappa shape index (κ3) is 1.31. The summed E-state index contributed by atoms with van der Waals surface area (Å²) in [6.07, 6.45) is 1.78. The van der Waals surface area contributed by atoms with Crippen molar-refractivity contribution in [3.05, 3.63) is 0 Å². The van der Waals surface area contributed by atoms with Gasteiger partial charge in [0.1, 0.15) is 0 Å². The van der Waals surface area contributed by atoms with Crippen LogP contribution in [0.2, 0.25) is 0 Å². The maximum absolute atomic E-state index is 11.3. The number of hydrogen-bond donors (Lipinski definition) is 1. The fraction of sp³-hybridized carbons (Fsp3) is 0.700. The van der Waals surface area contributed by atoms with Gasteiger partial charge in [-0.15, -0.1) is 0 Å². The first-order valence-electron chi connectivity index (χ1n) is 4.58. The van der Waals surface area contributed by atoms with Crippen molar-refractivity contribution in [3.63, 3.8) is 0 Å². The average molecular weight is 179 g/mol. The summed E-state index contributed by atoms with van der Waals surface area (Å²) in [5, 5.41) is 9.66. The fourth-order valence-electron chi connectivity index (χ4n) is 1.95. The molecular weight excluding hydrogens is 166 g/mol. The van der Waals surface area contributed by atoms with E-state index in [0.29, 0.717) is 13.1 Å². The van der Waals surface area contributed by atoms with Crippen molar-refractivity contribution in [2.24, 2.45) is 5.41 Å². The van der Waals surface area contributed by atoms with Gasteiger partial charge in [-0.05, 0) is 25.7 Å². The van der Waals surface area contributed by atoms with E-state index in [1.807, 2.05) is 0 Å². The second-order valence-electron chi connectivity index (χ2n) is 3.94. The fourth-order valence-corrected chi connectivity index (χ4v) is 1.95. The Kier molecular flexibility index (Phi) is 1.81. The van der Waals surface area contributed by atoms with Crippen LogP contribution >= 0.6 is 0 Å². The molecule has 0 aromatic rings. The van der Waals surface area contributed by atoms with E-state index in [-0.39, 0.29) is 17.4 Å². The van der Waals surface area contributed by atoms with Crippen LogP contribution in [-0.2, 0) is 4.79 Å². The molecule has 1 unspecified atom stereocenters. The maximum atomic E-state index is 11.3. The molecule has 1 saturated carbocycles. The van der Waals surface area contributed by atoms with E-state index in [2.05, 4.69) is 11.8 Å². The molecule has 1 atom stereocenters. The van der Waals surface area contributed by atoms with Crippen molar-refractivity contribution in [1.29, 1.82) is 0 Å². The standard InChI is InChI=1S/C10H13NO2/c1-2-3-9(13)11-6-8(12)10(7-11)4-5-10/h8,12H,4-7H2,1H3. The van der Waals surface area contributed by atoms with E-state index in [9.17, 15) is 9.90 Å². The smallest absolute Gasteiger partial charge is 0.298 e. The molecule has 13 heavy (non-hydrogen) atoms. The number of β-amino-alcohol motifs (C(OH)–C–C–N with tert-alkyl or cyclic N) is 1. The Morgan fingerprint density at radius 1 is 1.62 bits per heavy atom. The number of hydrogen-bond acceptors (Lipinski definition) is 2. The first kappa shape index (κ1) is 8.58. The Morgan fingerprint density at radius 2 is 2.31 bits per heavy atom. The van der Waals surface area contributed by atoms with Crippen molar-refractivity contribution < 1.29 is 9.90 Å². The maximum Gasteiger partial charge on any atom is 0.298 e. The zero-order chi connectivity index (χ0) is 9.47. The summed E-state index contributed by atoms with van der Waals surface area (Å²) in [5.74, 6) is 4.94.